The normalized spacial score (nSPS) is 19.4. The minimum atomic E-state index is -0.383. The van der Waals surface area contributed by atoms with Gasteiger partial charge in [-0.15, -0.1) is 0 Å². The van der Waals surface area contributed by atoms with Crippen molar-refractivity contribution in [2.24, 2.45) is 11.3 Å². The average Bonchev–Trinajstić information content (AvgIpc) is 2.17. The number of carbonyl (C=O) groups excluding carboxylic acids is 1. The molecule has 0 aromatic carbocycles. The average molecular weight is 199 g/mol. The fraction of sp³-hybridized carbons (Fsp3) is 0.900. The van der Waals surface area contributed by atoms with Crippen molar-refractivity contribution in [2.45, 2.75) is 33.1 Å². The summed E-state index contributed by atoms with van der Waals surface area (Å²) < 4.78 is 0. The Morgan fingerprint density at radius 3 is 2.43 bits per heavy atom. The van der Waals surface area contributed by atoms with Crippen LogP contribution in [-0.2, 0) is 4.79 Å². The molecule has 1 saturated heterocycles. The third-order valence-corrected chi connectivity index (χ3v) is 2.81. The minimum absolute atomic E-state index is 0.0805. The molecule has 4 heteroatoms. The molecule has 1 aliphatic heterocycles. The van der Waals surface area contributed by atoms with E-state index >= 15 is 0 Å². The van der Waals surface area contributed by atoms with Gasteiger partial charge in [0.05, 0.1) is 5.41 Å². The van der Waals surface area contributed by atoms with Gasteiger partial charge in [-0.3, -0.25) is 10.2 Å². The lowest BCUT2D eigenvalue weighted by molar-refractivity contribution is -0.130. The maximum absolute atomic E-state index is 11.4. The topological polar surface area (TPSA) is 58.4 Å². The molecule has 0 bridgehead atoms. The molecule has 1 amide bonds. The van der Waals surface area contributed by atoms with Crippen molar-refractivity contribution in [1.29, 1.82) is 0 Å². The monoisotopic (exact) mass is 199 g/mol. The number of nitrogens with zero attached hydrogens (tertiary/aromatic N) is 1. The van der Waals surface area contributed by atoms with Crippen LogP contribution in [0.3, 0.4) is 0 Å². The summed E-state index contributed by atoms with van der Waals surface area (Å²) >= 11 is 0. The largest absolute Gasteiger partial charge is 0.302 e. The third-order valence-electron chi connectivity index (χ3n) is 2.81. The summed E-state index contributed by atoms with van der Waals surface area (Å²) in [7, 11) is 0. The number of hydrogen-bond donors (Lipinski definition) is 2. The second-order valence-electron chi connectivity index (χ2n) is 4.69. The Morgan fingerprint density at radius 1 is 1.36 bits per heavy atom. The molecular weight excluding hydrogens is 178 g/mol. The fourth-order valence-electron chi connectivity index (χ4n) is 1.94. The van der Waals surface area contributed by atoms with Gasteiger partial charge in [-0.1, -0.05) is 6.42 Å². The van der Waals surface area contributed by atoms with Gasteiger partial charge in [-0.2, -0.15) is 0 Å². The molecule has 0 atom stereocenters. The molecule has 1 aliphatic rings. The molecule has 0 radical (unpaired) electrons. The maximum atomic E-state index is 11.4. The molecule has 4 nitrogen and oxygen atoms in total. The highest BCUT2D eigenvalue weighted by molar-refractivity contribution is 5.81. The number of hydrazine groups is 1. The van der Waals surface area contributed by atoms with Crippen LogP contribution in [-0.4, -0.2) is 30.4 Å². The Labute approximate surface area is 85.8 Å². The first-order chi connectivity index (χ1) is 6.56. The lowest BCUT2D eigenvalue weighted by atomic mass is 9.91. The van der Waals surface area contributed by atoms with Crippen LogP contribution in [0.15, 0.2) is 0 Å². The van der Waals surface area contributed by atoms with Crippen molar-refractivity contribution in [1.82, 2.24) is 10.3 Å². The predicted octanol–water partition coefficient (Wildman–Crippen LogP) is 0.488. The quantitative estimate of drug-likeness (QED) is 0.395. The van der Waals surface area contributed by atoms with Gasteiger partial charge >= 0.3 is 0 Å². The summed E-state index contributed by atoms with van der Waals surface area (Å²) in [5.41, 5.74) is 1.85. The van der Waals surface area contributed by atoms with Gasteiger partial charge in [-0.25, -0.2) is 5.84 Å². The van der Waals surface area contributed by atoms with Gasteiger partial charge in [-0.05, 0) is 39.8 Å². The summed E-state index contributed by atoms with van der Waals surface area (Å²) in [6, 6.07) is 0. The van der Waals surface area contributed by atoms with Crippen LogP contribution >= 0.6 is 0 Å². The van der Waals surface area contributed by atoms with Gasteiger partial charge in [0, 0.05) is 6.54 Å². The molecule has 0 spiro atoms. The van der Waals surface area contributed by atoms with E-state index in [1.54, 1.807) is 0 Å². The summed E-state index contributed by atoms with van der Waals surface area (Å²) in [5.74, 6) is 5.06. The van der Waals surface area contributed by atoms with E-state index in [1.165, 1.54) is 19.3 Å². The third kappa shape index (κ3) is 2.96. The standard InChI is InChI=1S/C10H21N3O/c1-10(2,9(14)12-11)8-13-6-4-3-5-7-13/h3-8,11H2,1-2H3,(H,12,14). The molecule has 1 fully saturated rings. The summed E-state index contributed by atoms with van der Waals surface area (Å²) in [6.45, 7) is 6.90. The molecule has 0 unspecified atom stereocenters. The van der Waals surface area contributed by atoms with Gasteiger partial charge in [0.1, 0.15) is 0 Å². The number of rotatable bonds is 3. The number of nitrogens with two attached hydrogens (primary N) is 1. The maximum Gasteiger partial charge on any atom is 0.240 e. The Hall–Kier alpha value is -0.610. The van der Waals surface area contributed by atoms with E-state index in [2.05, 4.69) is 10.3 Å². The van der Waals surface area contributed by atoms with Gasteiger partial charge in [0.25, 0.3) is 0 Å². The predicted molar refractivity (Wildman–Crippen MR) is 56.4 cm³/mol. The Balaban J connectivity index is 2.44. The highest BCUT2D eigenvalue weighted by Gasteiger charge is 2.29. The first-order valence-electron chi connectivity index (χ1n) is 5.30. The van der Waals surface area contributed by atoms with Crippen LogP contribution in [0.1, 0.15) is 33.1 Å². The van der Waals surface area contributed by atoms with Crippen molar-refractivity contribution in [3.63, 3.8) is 0 Å². The highest BCUT2D eigenvalue weighted by Crippen LogP contribution is 2.19. The second kappa shape index (κ2) is 4.75. The number of carbonyl (C=O) groups is 1. The van der Waals surface area contributed by atoms with Crippen molar-refractivity contribution in [3.05, 3.63) is 0 Å². The molecule has 0 aliphatic carbocycles. The van der Waals surface area contributed by atoms with E-state index in [0.717, 1.165) is 19.6 Å². The first-order valence-corrected chi connectivity index (χ1v) is 5.30. The summed E-state index contributed by atoms with van der Waals surface area (Å²) in [6.07, 6.45) is 3.82. The fourth-order valence-corrected chi connectivity index (χ4v) is 1.94. The van der Waals surface area contributed by atoms with Crippen molar-refractivity contribution >= 4 is 5.91 Å². The SMILES string of the molecule is CC(C)(CN1CCCCC1)C(=O)NN. The van der Waals surface area contributed by atoms with Crippen LogP contribution in [0.4, 0.5) is 0 Å². The zero-order valence-corrected chi connectivity index (χ0v) is 9.18. The summed E-state index contributed by atoms with van der Waals surface area (Å²) in [4.78, 5) is 13.8. The van der Waals surface area contributed by atoms with E-state index in [4.69, 9.17) is 5.84 Å². The molecule has 1 heterocycles. The number of amides is 1. The van der Waals surface area contributed by atoms with Gasteiger partial charge < -0.3 is 4.90 Å². The zero-order valence-electron chi connectivity index (χ0n) is 9.18. The van der Waals surface area contributed by atoms with Gasteiger partial charge in [0.2, 0.25) is 5.91 Å². The Morgan fingerprint density at radius 2 is 1.93 bits per heavy atom. The Kier molecular flexibility index (Phi) is 3.89. The van der Waals surface area contributed by atoms with Crippen molar-refractivity contribution in [3.8, 4) is 0 Å². The molecule has 0 saturated carbocycles. The second-order valence-corrected chi connectivity index (χ2v) is 4.69. The molecular formula is C10H21N3O. The number of nitrogens with one attached hydrogen (secondary N) is 1. The highest BCUT2D eigenvalue weighted by atomic mass is 16.2. The van der Waals surface area contributed by atoms with Crippen LogP contribution in [0, 0.1) is 5.41 Å². The smallest absolute Gasteiger partial charge is 0.240 e. The van der Waals surface area contributed by atoms with E-state index in [1.807, 2.05) is 13.8 Å². The number of likely N-dealkylation sites (tertiary alicyclic amines) is 1. The van der Waals surface area contributed by atoms with Crippen molar-refractivity contribution < 1.29 is 4.79 Å². The van der Waals surface area contributed by atoms with E-state index in [-0.39, 0.29) is 11.3 Å². The van der Waals surface area contributed by atoms with Crippen LogP contribution < -0.4 is 11.3 Å². The first kappa shape index (κ1) is 11.5. The van der Waals surface area contributed by atoms with E-state index in [9.17, 15) is 4.79 Å². The summed E-state index contributed by atoms with van der Waals surface area (Å²) in [5, 5.41) is 0. The van der Waals surface area contributed by atoms with Crippen molar-refractivity contribution in [2.75, 3.05) is 19.6 Å². The number of hydrogen-bond acceptors (Lipinski definition) is 3. The molecule has 0 aromatic rings. The molecule has 82 valence electrons. The Bertz CT molecular complexity index is 198. The minimum Gasteiger partial charge on any atom is -0.302 e. The molecule has 3 N–H and O–H groups in total. The van der Waals surface area contributed by atoms with Crippen LogP contribution in [0.5, 0.6) is 0 Å². The van der Waals surface area contributed by atoms with Gasteiger partial charge in [0.15, 0.2) is 0 Å². The van der Waals surface area contributed by atoms with Crippen LogP contribution in [0.2, 0.25) is 0 Å². The number of piperidine rings is 1. The zero-order chi connectivity index (χ0) is 10.6. The lowest BCUT2D eigenvalue weighted by Gasteiger charge is -2.33. The molecule has 0 aromatic heterocycles. The lowest BCUT2D eigenvalue weighted by Crippen LogP contribution is -2.48. The molecule has 14 heavy (non-hydrogen) atoms. The van der Waals surface area contributed by atoms with E-state index in [0.29, 0.717) is 0 Å². The van der Waals surface area contributed by atoms with Crippen LogP contribution in [0.25, 0.3) is 0 Å². The van der Waals surface area contributed by atoms with E-state index < -0.39 is 0 Å². The molecule has 1 rings (SSSR count).